The molecule has 0 radical (unpaired) electrons. The maximum Gasteiger partial charge on any atom is 0.261 e. The summed E-state index contributed by atoms with van der Waals surface area (Å²) in [5.41, 5.74) is 2.57. The first-order chi connectivity index (χ1) is 12.0. The largest absolute Gasteiger partial charge is 0.370 e. The van der Waals surface area contributed by atoms with Gasteiger partial charge in [0, 0.05) is 24.1 Å². The lowest BCUT2D eigenvalue weighted by atomic mass is 10.1. The first kappa shape index (κ1) is 17.4. The highest BCUT2D eigenvalue weighted by Gasteiger charge is 2.27. The van der Waals surface area contributed by atoms with Crippen LogP contribution >= 0.6 is 0 Å². The molecule has 3 rings (SSSR count). The quantitative estimate of drug-likeness (QED) is 0.930. The second-order valence-electron chi connectivity index (χ2n) is 6.65. The standard InChI is InChI=1S/C19H23N3O3/c1-12(2)16-5-4-15(18(23)21-16)19(24)22-8-9-25-17(11-22)14-6-7-20-13(3)10-14/h4-7,10,12,17H,8-9,11H2,1-3H3,(H,21,23)/t17-/m1/s1. The molecule has 0 saturated carbocycles. The number of nitrogens with one attached hydrogen (secondary N) is 1. The normalized spacial score (nSPS) is 17.8. The number of hydrogen-bond acceptors (Lipinski definition) is 4. The molecule has 0 unspecified atom stereocenters. The van der Waals surface area contributed by atoms with Crippen molar-refractivity contribution in [1.29, 1.82) is 0 Å². The van der Waals surface area contributed by atoms with Gasteiger partial charge in [-0.05, 0) is 42.7 Å². The predicted octanol–water partition coefficient (Wildman–Crippen LogP) is 2.42. The third-order valence-corrected chi connectivity index (χ3v) is 4.43. The number of amides is 1. The van der Waals surface area contributed by atoms with Crippen LogP contribution in [0.3, 0.4) is 0 Å². The Morgan fingerprint density at radius 2 is 2.16 bits per heavy atom. The van der Waals surface area contributed by atoms with Crippen molar-refractivity contribution in [2.24, 2.45) is 0 Å². The van der Waals surface area contributed by atoms with Gasteiger partial charge >= 0.3 is 0 Å². The van der Waals surface area contributed by atoms with E-state index in [1.54, 1.807) is 17.2 Å². The Balaban J connectivity index is 1.79. The molecule has 1 amide bonds. The van der Waals surface area contributed by atoms with Gasteiger partial charge in [-0.1, -0.05) is 13.8 Å². The van der Waals surface area contributed by atoms with Crippen LogP contribution in [0, 0.1) is 6.92 Å². The summed E-state index contributed by atoms with van der Waals surface area (Å²) in [6.45, 7) is 7.26. The van der Waals surface area contributed by atoms with Crippen LogP contribution in [0.25, 0.3) is 0 Å². The van der Waals surface area contributed by atoms with Crippen LogP contribution in [0.2, 0.25) is 0 Å². The molecule has 25 heavy (non-hydrogen) atoms. The van der Waals surface area contributed by atoms with Crippen molar-refractivity contribution in [3.05, 3.63) is 63.3 Å². The van der Waals surface area contributed by atoms with Crippen molar-refractivity contribution in [1.82, 2.24) is 14.9 Å². The van der Waals surface area contributed by atoms with Crippen molar-refractivity contribution >= 4 is 5.91 Å². The van der Waals surface area contributed by atoms with Gasteiger partial charge < -0.3 is 14.6 Å². The molecule has 1 saturated heterocycles. The number of rotatable bonds is 3. The van der Waals surface area contributed by atoms with E-state index in [0.29, 0.717) is 19.7 Å². The number of ether oxygens (including phenoxy) is 1. The minimum absolute atomic E-state index is 0.177. The number of aromatic nitrogens is 2. The summed E-state index contributed by atoms with van der Waals surface area (Å²) in [5.74, 6) is -0.0461. The van der Waals surface area contributed by atoms with Gasteiger partial charge in [0.25, 0.3) is 11.5 Å². The zero-order chi connectivity index (χ0) is 18.0. The van der Waals surface area contributed by atoms with Gasteiger partial charge in [-0.25, -0.2) is 0 Å². The number of carbonyl (C=O) groups excluding carboxylic acids is 1. The average molecular weight is 341 g/mol. The lowest BCUT2D eigenvalue weighted by molar-refractivity contribution is -0.0229. The maximum absolute atomic E-state index is 12.8. The zero-order valence-corrected chi connectivity index (χ0v) is 14.8. The Bertz CT molecular complexity index is 829. The summed E-state index contributed by atoms with van der Waals surface area (Å²) >= 11 is 0. The van der Waals surface area contributed by atoms with Gasteiger partial charge in [0.2, 0.25) is 0 Å². The van der Waals surface area contributed by atoms with E-state index in [9.17, 15) is 9.59 Å². The van der Waals surface area contributed by atoms with E-state index in [1.807, 2.05) is 39.0 Å². The van der Waals surface area contributed by atoms with Gasteiger partial charge in [0.15, 0.2) is 0 Å². The number of H-pyrrole nitrogens is 1. The zero-order valence-electron chi connectivity index (χ0n) is 14.8. The van der Waals surface area contributed by atoms with E-state index < -0.39 is 0 Å². The molecule has 0 aromatic carbocycles. The highest BCUT2D eigenvalue weighted by molar-refractivity contribution is 5.94. The van der Waals surface area contributed by atoms with E-state index in [-0.39, 0.29) is 29.1 Å². The van der Waals surface area contributed by atoms with Gasteiger partial charge in [0.05, 0.1) is 13.2 Å². The smallest absolute Gasteiger partial charge is 0.261 e. The Kier molecular flexibility index (Phi) is 4.99. The molecule has 6 heteroatoms. The molecule has 2 aromatic heterocycles. The average Bonchev–Trinajstić information content (AvgIpc) is 2.61. The lowest BCUT2D eigenvalue weighted by Gasteiger charge is -2.33. The topological polar surface area (TPSA) is 75.3 Å². The van der Waals surface area contributed by atoms with Crippen molar-refractivity contribution in [2.75, 3.05) is 19.7 Å². The molecule has 1 atom stereocenters. The molecule has 1 fully saturated rings. The second-order valence-corrected chi connectivity index (χ2v) is 6.65. The SMILES string of the molecule is Cc1cc([C@H]2CN(C(=O)c3ccc(C(C)C)[nH]c3=O)CCO2)ccn1. The molecular weight excluding hydrogens is 318 g/mol. The van der Waals surface area contributed by atoms with Crippen LogP contribution in [0.15, 0.2) is 35.3 Å². The molecular formula is C19H23N3O3. The number of hydrogen-bond donors (Lipinski definition) is 1. The Morgan fingerprint density at radius 3 is 2.84 bits per heavy atom. The summed E-state index contributed by atoms with van der Waals surface area (Å²) in [4.78, 5) is 33.7. The van der Waals surface area contributed by atoms with Gasteiger partial charge in [-0.2, -0.15) is 0 Å². The fourth-order valence-corrected chi connectivity index (χ4v) is 2.97. The van der Waals surface area contributed by atoms with Crippen LogP contribution in [-0.2, 0) is 4.74 Å². The maximum atomic E-state index is 12.8. The number of morpholine rings is 1. The Labute approximate surface area is 146 Å². The fraction of sp³-hybridized carbons (Fsp3) is 0.421. The van der Waals surface area contributed by atoms with E-state index in [4.69, 9.17) is 4.74 Å². The molecule has 0 aliphatic carbocycles. The number of nitrogens with zero attached hydrogens (tertiary/aromatic N) is 2. The highest BCUT2D eigenvalue weighted by atomic mass is 16.5. The summed E-state index contributed by atoms with van der Waals surface area (Å²) in [5, 5.41) is 0. The number of pyridine rings is 2. The molecule has 2 aromatic rings. The first-order valence-electron chi connectivity index (χ1n) is 8.52. The van der Waals surface area contributed by atoms with E-state index in [0.717, 1.165) is 17.0 Å². The Hall–Kier alpha value is -2.47. The molecule has 0 spiro atoms. The lowest BCUT2D eigenvalue weighted by Crippen LogP contribution is -2.44. The summed E-state index contributed by atoms with van der Waals surface area (Å²) in [7, 11) is 0. The Morgan fingerprint density at radius 1 is 1.36 bits per heavy atom. The first-order valence-corrected chi connectivity index (χ1v) is 8.52. The van der Waals surface area contributed by atoms with Gasteiger partial charge in [-0.3, -0.25) is 14.6 Å². The molecule has 0 bridgehead atoms. The highest BCUT2D eigenvalue weighted by Crippen LogP contribution is 2.23. The van der Waals surface area contributed by atoms with E-state index in [1.165, 1.54) is 0 Å². The van der Waals surface area contributed by atoms with Crippen LogP contribution in [-0.4, -0.2) is 40.5 Å². The monoisotopic (exact) mass is 341 g/mol. The number of carbonyl (C=O) groups is 1. The summed E-state index contributed by atoms with van der Waals surface area (Å²) in [6.07, 6.45) is 1.54. The molecule has 132 valence electrons. The third-order valence-electron chi connectivity index (χ3n) is 4.43. The molecule has 3 heterocycles. The summed E-state index contributed by atoms with van der Waals surface area (Å²) in [6, 6.07) is 7.29. The van der Waals surface area contributed by atoms with Crippen LogP contribution in [0.1, 0.15) is 53.2 Å². The van der Waals surface area contributed by atoms with Crippen LogP contribution in [0.4, 0.5) is 0 Å². The molecule has 1 aliphatic rings. The predicted molar refractivity (Wildman–Crippen MR) is 94.7 cm³/mol. The third kappa shape index (κ3) is 3.79. The van der Waals surface area contributed by atoms with Crippen molar-refractivity contribution in [2.45, 2.75) is 32.8 Å². The van der Waals surface area contributed by atoms with E-state index >= 15 is 0 Å². The second kappa shape index (κ2) is 7.19. The number of aromatic amines is 1. The minimum Gasteiger partial charge on any atom is -0.370 e. The molecule has 1 aliphatic heterocycles. The van der Waals surface area contributed by atoms with Gasteiger partial charge in [0.1, 0.15) is 11.7 Å². The minimum atomic E-state index is -0.334. The number of aryl methyl sites for hydroxylation is 1. The van der Waals surface area contributed by atoms with Crippen molar-refractivity contribution < 1.29 is 9.53 Å². The van der Waals surface area contributed by atoms with E-state index in [2.05, 4.69) is 9.97 Å². The molecule has 6 nitrogen and oxygen atoms in total. The summed E-state index contributed by atoms with van der Waals surface area (Å²) < 4.78 is 5.81. The van der Waals surface area contributed by atoms with Gasteiger partial charge in [-0.15, -0.1) is 0 Å². The van der Waals surface area contributed by atoms with Crippen molar-refractivity contribution in [3.8, 4) is 0 Å². The van der Waals surface area contributed by atoms with Crippen LogP contribution in [0.5, 0.6) is 0 Å². The van der Waals surface area contributed by atoms with Crippen LogP contribution < -0.4 is 5.56 Å². The fourth-order valence-electron chi connectivity index (χ4n) is 2.97. The molecule has 1 N–H and O–H groups in total. The van der Waals surface area contributed by atoms with Crippen molar-refractivity contribution in [3.63, 3.8) is 0 Å².